The number of aliphatic imine (C=N–C) groups is 1. The topological polar surface area (TPSA) is 72.4 Å². The lowest BCUT2D eigenvalue weighted by Crippen LogP contribution is -2.33. The van der Waals surface area contributed by atoms with Crippen LogP contribution in [0.2, 0.25) is 0 Å². The van der Waals surface area contributed by atoms with Gasteiger partial charge < -0.3 is 14.5 Å². The van der Waals surface area contributed by atoms with Crippen LogP contribution in [0, 0.1) is 0 Å². The predicted octanol–water partition coefficient (Wildman–Crippen LogP) is 3.87. The van der Waals surface area contributed by atoms with Gasteiger partial charge in [-0.15, -0.1) is 0 Å². The van der Waals surface area contributed by atoms with Crippen LogP contribution in [0.15, 0.2) is 41.7 Å². The van der Waals surface area contributed by atoms with E-state index in [0.29, 0.717) is 6.61 Å². The molecule has 1 aromatic carbocycles. The summed E-state index contributed by atoms with van der Waals surface area (Å²) in [6.07, 6.45) is -1.95. The number of hydrogen-bond donors (Lipinski definition) is 1. The molecule has 0 saturated carbocycles. The summed E-state index contributed by atoms with van der Waals surface area (Å²) in [5, 5.41) is 0.204. The maximum Gasteiger partial charge on any atom is 0.431 e. The predicted molar refractivity (Wildman–Crippen MR) is 92.5 cm³/mol. The van der Waals surface area contributed by atoms with Crippen LogP contribution in [-0.2, 0) is 10.9 Å². The van der Waals surface area contributed by atoms with E-state index in [-0.39, 0.29) is 28.9 Å². The highest BCUT2D eigenvalue weighted by atomic mass is 19.4. The van der Waals surface area contributed by atoms with E-state index in [1.165, 1.54) is 6.33 Å². The number of fused-ring (bicyclic) bond motifs is 2. The number of alkyl halides is 3. The van der Waals surface area contributed by atoms with Crippen LogP contribution < -0.4 is 4.74 Å². The van der Waals surface area contributed by atoms with Gasteiger partial charge in [-0.2, -0.15) is 13.2 Å². The smallest absolute Gasteiger partial charge is 0.431 e. The Morgan fingerprint density at radius 2 is 2.11 bits per heavy atom. The Labute approximate surface area is 152 Å². The van der Waals surface area contributed by atoms with Crippen LogP contribution in [0.1, 0.15) is 17.2 Å². The third-order valence-corrected chi connectivity index (χ3v) is 4.45. The molecule has 0 aliphatic carbocycles. The molecule has 0 fully saturated rings. The first-order valence-corrected chi connectivity index (χ1v) is 8.17. The first-order chi connectivity index (χ1) is 13.0. The van der Waals surface area contributed by atoms with E-state index in [9.17, 15) is 13.2 Å². The molecule has 1 unspecified atom stereocenters. The zero-order valence-corrected chi connectivity index (χ0v) is 14.2. The number of methoxy groups -OCH3 is 1. The largest absolute Gasteiger partial charge is 0.491 e. The molecular weight excluding hydrogens is 361 g/mol. The van der Waals surface area contributed by atoms with Crippen LogP contribution in [-0.4, -0.2) is 41.0 Å². The highest BCUT2D eigenvalue weighted by Crippen LogP contribution is 2.35. The fourth-order valence-corrected chi connectivity index (χ4v) is 3.09. The van der Waals surface area contributed by atoms with Gasteiger partial charge in [-0.05, 0) is 12.1 Å². The number of para-hydroxylation sites is 1. The molecule has 4 rings (SSSR count). The van der Waals surface area contributed by atoms with E-state index in [2.05, 4.69) is 19.9 Å². The molecule has 0 saturated heterocycles. The molecule has 0 spiro atoms. The number of hydrogen-bond acceptors (Lipinski definition) is 5. The van der Waals surface area contributed by atoms with E-state index in [1.54, 1.807) is 13.3 Å². The molecule has 6 nitrogen and oxygen atoms in total. The van der Waals surface area contributed by atoms with Crippen LogP contribution in [0.3, 0.4) is 0 Å². The van der Waals surface area contributed by atoms with Crippen molar-refractivity contribution >= 4 is 23.1 Å². The van der Waals surface area contributed by atoms with Gasteiger partial charge in [0.1, 0.15) is 36.1 Å². The lowest BCUT2D eigenvalue weighted by molar-refractivity contribution is -0.140. The summed E-state index contributed by atoms with van der Waals surface area (Å²) < 4.78 is 50.0. The van der Waals surface area contributed by atoms with Gasteiger partial charge in [0, 0.05) is 18.9 Å². The quantitative estimate of drug-likeness (QED) is 0.705. The Balaban J connectivity index is 1.73. The molecule has 1 N–H and O–H groups in total. The number of benzene rings is 1. The highest BCUT2D eigenvalue weighted by molar-refractivity contribution is 5.88. The second-order valence-corrected chi connectivity index (χ2v) is 6.07. The fourth-order valence-electron chi connectivity index (χ4n) is 3.09. The molecule has 0 amide bonds. The average Bonchev–Trinajstić information content (AvgIpc) is 3.11. The van der Waals surface area contributed by atoms with Crippen molar-refractivity contribution in [1.29, 1.82) is 0 Å². The van der Waals surface area contributed by atoms with E-state index >= 15 is 0 Å². The summed E-state index contributed by atoms with van der Waals surface area (Å²) in [6.45, 7) is 0.353. The van der Waals surface area contributed by atoms with Crippen molar-refractivity contribution in [2.45, 2.75) is 18.2 Å². The summed E-state index contributed by atoms with van der Waals surface area (Å²) in [5.74, 6) is 0.674. The van der Waals surface area contributed by atoms with Crippen LogP contribution in [0.4, 0.5) is 19.0 Å². The van der Waals surface area contributed by atoms with E-state index in [0.717, 1.165) is 17.4 Å². The second-order valence-electron chi connectivity index (χ2n) is 6.07. The number of H-pyrrole nitrogens is 1. The standard InChI is InChI=1S/C18H15F3N4O2/c1-26-14-8-27-13-5-3-2-4-10(13)12(14)7-22-16-11-6-15(18(19,20)21)25-17(11)24-9-23-16/h2-7,9,12,14H,8H2,1H3,(H,23,24,25)/b22-7+/t12?,14-/m0/s1. The molecule has 1 aliphatic rings. The summed E-state index contributed by atoms with van der Waals surface area (Å²) in [4.78, 5) is 14.5. The van der Waals surface area contributed by atoms with Gasteiger partial charge in [-0.25, -0.2) is 15.0 Å². The number of aromatic amines is 1. The minimum absolute atomic E-state index is 0.0835. The number of ether oxygens (including phenoxy) is 2. The Morgan fingerprint density at radius 3 is 2.89 bits per heavy atom. The van der Waals surface area contributed by atoms with E-state index in [1.807, 2.05) is 24.3 Å². The first-order valence-electron chi connectivity index (χ1n) is 8.17. The second kappa shape index (κ2) is 6.66. The third kappa shape index (κ3) is 3.25. The van der Waals surface area contributed by atoms with Crippen molar-refractivity contribution in [3.8, 4) is 5.75 Å². The molecule has 0 radical (unpaired) electrons. The van der Waals surface area contributed by atoms with Crippen molar-refractivity contribution in [3.05, 3.63) is 47.9 Å². The summed E-state index contributed by atoms with van der Waals surface area (Å²) in [6, 6.07) is 8.48. The number of aromatic nitrogens is 3. The molecular formula is C18H15F3N4O2. The molecule has 27 heavy (non-hydrogen) atoms. The average molecular weight is 376 g/mol. The minimum Gasteiger partial charge on any atom is -0.491 e. The molecule has 0 bridgehead atoms. The SMILES string of the molecule is CO[C@H]1COc2ccccc2C1/C=N/c1ncnc2[nH]c(C(F)(F)F)cc12. The van der Waals surface area contributed by atoms with Crippen molar-refractivity contribution in [1.82, 2.24) is 15.0 Å². The summed E-state index contributed by atoms with van der Waals surface area (Å²) >= 11 is 0. The van der Waals surface area contributed by atoms with Gasteiger partial charge in [0.05, 0.1) is 11.3 Å². The normalized spacial score (nSPS) is 20.0. The maximum absolute atomic E-state index is 12.9. The van der Waals surface area contributed by atoms with Crippen LogP contribution in [0.25, 0.3) is 11.0 Å². The van der Waals surface area contributed by atoms with Crippen molar-refractivity contribution in [2.75, 3.05) is 13.7 Å². The molecule has 140 valence electrons. The molecule has 2 aromatic heterocycles. The minimum atomic E-state index is -4.50. The van der Waals surface area contributed by atoms with Crippen molar-refractivity contribution < 1.29 is 22.6 Å². The number of rotatable bonds is 3. The Morgan fingerprint density at radius 1 is 1.30 bits per heavy atom. The van der Waals surface area contributed by atoms with Crippen LogP contribution >= 0.6 is 0 Å². The Kier molecular flexibility index (Phi) is 4.31. The Hall–Kier alpha value is -2.94. The summed E-state index contributed by atoms with van der Waals surface area (Å²) in [5.41, 5.74) is 0.0930. The van der Waals surface area contributed by atoms with Gasteiger partial charge in [0.15, 0.2) is 5.82 Å². The molecule has 1 aliphatic heterocycles. The fraction of sp³-hybridized carbons (Fsp3) is 0.278. The molecule has 3 aromatic rings. The van der Waals surface area contributed by atoms with E-state index < -0.39 is 11.9 Å². The zero-order valence-electron chi connectivity index (χ0n) is 14.2. The molecule has 9 heteroatoms. The lowest BCUT2D eigenvalue weighted by Gasteiger charge is -2.30. The molecule has 2 atom stereocenters. The van der Waals surface area contributed by atoms with Gasteiger partial charge in [-0.1, -0.05) is 18.2 Å². The monoisotopic (exact) mass is 376 g/mol. The lowest BCUT2D eigenvalue weighted by atomic mass is 9.92. The van der Waals surface area contributed by atoms with Gasteiger partial charge in [0.2, 0.25) is 0 Å². The zero-order chi connectivity index (χ0) is 19.0. The third-order valence-electron chi connectivity index (χ3n) is 4.45. The van der Waals surface area contributed by atoms with Gasteiger partial charge in [0.25, 0.3) is 0 Å². The first kappa shape index (κ1) is 17.5. The number of halogens is 3. The van der Waals surface area contributed by atoms with Gasteiger partial charge >= 0.3 is 6.18 Å². The van der Waals surface area contributed by atoms with Crippen molar-refractivity contribution in [3.63, 3.8) is 0 Å². The summed E-state index contributed by atoms with van der Waals surface area (Å²) in [7, 11) is 1.58. The van der Waals surface area contributed by atoms with Crippen molar-refractivity contribution in [2.24, 2.45) is 4.99 Å². The molecule has 3 heterocycles. The Bertz CT molecular complexity index is 1000. The maximum atomic E-state index is 12.9. The van der Waals surface area contributed by atoms with Crippen LogP contribution in [0.5, 0.6) is 5.75 Å². The highest BCUT2D eigenvalue weighted by Gasteiger charge is 2.33. The number of nitrogens with one attached hydrogen (secondary N) is 1. The van der Waals surface area contributed by atoms with Gasteiger partial charge in [-0.3, -0.25) is 0 Å². The number of nitrogens with zero attached hydrogens (tertiary/aromatic N) is 3. The van der Waals surface area contributed by atoms with E-state index in [4.69, 9.17) is 9.47 Å².